The summed E-state index contributed by atoms with van der Waals surface area (Å²) in [5.41, 5.74) is 17.0. The van der Waals surface area contributed by atoms with Gasteiger partial charge in [-0.1, -0.05) is 102 Å². The lowest BCUT2D eigenvalue weighted by atomic mass is 9.88. The van der Waals surface area contributed by atoms with Crippen molar-refractivity contribution < 1.29 is 4.74 Å². The normalized spacial score (nSPS) is 13.4. The van der Waals surface area contributed by atoms with Crippen molar-refractivity contribution in [3.63, 3.8) is 0 Å². The number of aromatic nitrogens is 2. The molecule has 0 saturated heterocycles. The van der Waals surface area contributed by atoms with Crippen LogP contribution in [-0.4, -0.2) is 16.2 Å². The predicted molar refractivity (Wildman–Crippen MR) is 257 cm³/mol. The average Bonchev–Trinajstić information content (AvgIpc) is 3.82. The third-order valence-electron chi connectivity index (χ3n) is 12.3. The SMILES string of the molecule is Cc1cccc(C)c1-c1cc(-c2c(C)cccc2C)cc(N2C=C(C(C)(C)C)N(c3cccc(Oc4ccc5c6ccccc6n(-c6cc(C(C)(C)C)ccn6)c5c4)c3)C2)c1. The van der Waals surface area contributed by atoms with Crippen LogP contribution in [0.4, 0.5) is 11.4 Å². The van der Waals surface area contributed by atoms with Gasteiger partial charge in [0.15, 0.2) is 0 Å². The van der Waals surface area contributed by atoms with Crippen LogP contribution in [0, 0.1) is 33.1 Å². The first-order valence-electron chi connectivity index (χ1n) is 21.5. The van der Waals surface area contributed by atoms with Gasteiger partial charge in [0.25, 0.3) is 0 Å². The van der Waals surface area contributed by atoms with Crippen LogP contribution >= 0.6 is 0 Å². The van der Waals surface area contributed by atoms with Crippen LogP contribution in [0.1, 0.15) is 69.4 Å². The Balaban J connectivity index is 1.09. The Morgan fingerprint density at radius 3 is 1.77 bits per heavy atom. The van der Waals surface area contributed by atoms with Crippen molar-refractivity contribution in [2.75, 3.05) is 16.5 Å². The van der Waals surface area contributed by atoms with Gasteiger partial charge >= 0.3 is 0 Å². The standard InChI is InChI=1S/C56H56N4O/c1-36-16-13-17-37(2)53(36)40-28-41(54-38(3)18-14-19-39(54)4)30-44(29-40)58-34-51(56(8,9)10)59(35-58)43-20-15-21-45(32-43)61-46-24-25-48-47-22-11-12-23-49(47)60(50(48)33-46)52-31-42(26-27-57-52)55(5,6)7/h11-34H,35H2,1-10H3. The highest BCUT2D eigenvalue weighted by Crippen LogP contribution is 2.43. The van der Waals surface area contributed by atoms with E-state index in [-0.39, 0.29) is 10.8 Å². The van der Waals surface area contributed by atoms with Crippen molar-refractivity contribution in [2.24, 2.45) is 5.41 Å². The number of aryl methyl sites for hydroxylation is 4. The van der Waals surface area contributed by atoms with Gasteiger partial charge in [-0.25, -0.2) is 4.98 Å². The van der Waals surface area contributed by atoms with E-state index < -0.39 is 0 Å². The van der Waals surface area contributed by atoms with E-state index in [2.05, 4.69) is 223 Å². The zero-order valence-electron chi connectivity index (χ0n) is 37.3. The first-order valence-corrected chi connectivity index (χ1v) is 21.5. The summed E-state index contributed by atoms with van der Waals surface area (Å²) < 4.78 is 9.03. The van der Waals surface area contributed by atoms with Crippen molar-refractivity contribution in [1.82, 2.24) is 9.55 Å². The number of ether oxygens (including phenoxy) is 1. The highest BCUT2D eigenvalue weighted by molar-refractivity contribution is 6.09. The number of benzene rings is 6. The molecule has 0 atom stereocenters. The Bertz CT molecular complexity index is 2900. The number of nitrogens with zero attached hydrogens (tertiary/aromatic N) is 4. The largest absolute Gasteiger partial charge is 0.457 e. The third kappa shape index (κ3) is 7.48. The predicted octanol–water partition coefficient (Wildman–Crippen LogP) is 15.0. The van der Waals surface area contributed by atoms with Crippen LogP contribution in [0.25, 0.3) is 49.9 Å². The molecule has 6 aromatic carbocycles. The van der Waals surface area contributed by atoms with Gasteiger partial charge in [-0.2, -0.15) is 0 Å². The minimum absolute atomic E-state index is 0.00203. The second-order valence-corrected chi connectivity index (χ2v) is 18.9. The van der Waals surface area contributed by atoms with Gasteiger partial charge < -0.3 is 14.5 Å². The zero-order chi connectivity index (χ0) is 42.8. The van der Waals surface area contributed by atoms with E-state index in [1.807, 2.05) is 6.20 Å². The number of para-hydroxylation sites is 1. The van der Waals surface area contributed by atoms with Gasteiger partial charge in [0.1, 0.15) is 17.3 Å². The van der Waals surface area contributed by atoms with Gasteiger partial charge in [0.05, 0.1) is 17.7 Å². The molecule has 5 heteroatoms. The van der Waals surface area contributed by atoms with E-state index in [1.165, 1.54) is 72.2 Å². The quantitative estimate of drug-likeness (QED) is 0.161. The smallest absolute Gasteiger partial charge is 0.137 e. The first-order chi connectivity index (χ1) is 29.1. The van der Waals surface area contributed by atoms with Crippen molar-refractivity contribution in [2.45, 2.75) is 74.7 Å². The maximum absolute atomic E-state index is 6.76. The van der Waals surface area contributed by atoms with Crippen molar-refractivity contribution in [1.29, 1.82) is 0 Å². The van der Waals surface area contributed by atoms with E-state index in [0.29, 0.717) is 6.67 Å². The van der Waals surface area contributed by atoms with Crippen LogP contribution in [0.5, 0.6) is 11.5 Å². The maximum atomic E-state index is 6.76. The molecular formula is C56H56N4O. The van der Waals surface area contributed by atoms with E-state index >= 15 is 0 Å². The lowest BCUT2D eigenvalue weighted by Crippen LogP contribution is -2.30. The number of fused-ring (bicyclic) bond motifs is 3. The second kappa shape index (κ2) is 15.1. The van der Waals surface area contributed by atoms with Crippen LogP contribution in [-0.2, 0) is 5.41 Å². The molecule has 5 nitrogen and oxygen atoms in total. The first kappa shape index (κ1) is 39.8. The summed E-state index contributed by atoms with van der Waals surface area (Å²) in [6.45, 7) is 23.2. The summed E-state index contributed by atoms with van der Waals surface area (Å²) in [5, 5.41) is 2.36. The summed E-state index contributed by atoms with van der Waals surface area (Å²) in [6.07, 6.45) is 4.27. The topological polar surface area (TPSA) is 33.5 Å². The molecule has 0 N–H and O–H groups in total. The fraction of sp³-hybridized carbons (Fsp3) is 0.232. The summed E-state index contributed by atoms with van der Waals surface area (Å²) in [7, 11) is 0. The summed E-state index contributed by atoms with van der Waals surface area (Å²) in [6, 6.07) is 48.2. The van der Waals surface area contributed by atoms with Crippen LogP contribution in [0.3, 0.4) is 0 Å². The van der Waals surface area contributed by atoms with E-state index in [4.69, 9.17) is 9.72 Å². The highest BCUT2D eigenvalue weighted by Gasteiger charge is 2.32. The van der Waals surface area contributed by atoms with Crippen molar-refractivity contribution >= 4 is 33.2 Å². The monoisotopic (exact) mass is 800 g/mol. The Hall–Kier alpha value is -6.59. The minimum Gasteiger partial charge on any atom is -0.457 e. The van der Waals surface area contributed by atoms with Gasteiger partial charge in [0.2, 0.25) is 0 Å². The molecular weight excluding hydrogens is 745 g/mol. The molecule has 306 valence electrons. The number of allylic oxidation sites excluding steroid dienone is 1. The molecule has 0 unspecified atom stereocenters. The maximum Gasteiger partial charge on any atom is 0.137 e. The molecule has 0 amide bonds. The fourth-order valence-electron chi connectivity index (χ4n) is 9.19. The summed E-state index contributed by atoms with van der Waals surface area (Å²) >= 11 is 0. The lowest BCUT2D eigenvalue weighted by molar-refractivity contribution is 0.481. The molecule has 0 aliphatic carbocycles. The second-order valence-electron chi connectivity index (χ2n) is 18.9. The van der Waals surface area contributed by atoms with Gasteiger partial charge in [-0.3, -0.25) is 4.57 Å². The molecule has 2 aromatic heterocycles. The van der Waals surface area contributed by atoms with Crippen molar-refractivity contribution in [3.05, 3.63) is 179 Å². The molecule has 0 bridgehead atoms. The van der Waals surface area contributed by atoms with Crippen LogP contribution in [0.15, 0.2) is 152 Å². The summed E-state index contributed by atoms with van der Waals surface area (Å²) in [5.74, 6) is 2.46. The van der Waals surface area contributed by atoms with E-state index in [9.17, 15) is 0 Å². The molecule has 0 radical (unpaired) electrons. The van der Waals surface area contributed by atoms with Gasteiger partial charge in [-0.15, -0.1) is 0 Å². The summed E-state index contributed by atoms with van der Waals surface area (Å²) in [4.78, 5) is 9.73. The molecule has 61 heavy (non-hydrogen) atoms. The Labute approximate surface area is 361 Å². The van der Waals surface area contributed by atoms with Gasteiger partial charge in [-0.05, 0) is 144 Å². The number of hydrogen-bond donors (Lipinski definition) is 0. The average molecular weight is 801 g/mol. The molecule has 0 spiro atoms. The Morgan fingerprint density at radius 1 is 0.525 bits per heavy atom. The Morgan fingerprint density at radius 2 is 1.13 bits per heavy atom. The zero-order valence-corrected chi connectivity index (χ0v) is 37.3. The number of hydrogen-bond acceptors (Lipinski definition) is 4. The Kier molecular flexibility index (Phi) is 9.90. The van der Waals surface area contributed by atoms with Crippen LogP contribution < -0.4 is 14.5 Å². The third-order valence-corrected chi connectivity index (χ3v) is 12.3. The van der Waals surface area contributed by atoms with E-state index in [1.54, 1.807) is 0 Å². The van der Waals surface area contributed by atoms with Gasteiger partial charge in [0, 0.05) is 57.8 Å². The highest BCUT2D eigenvalue weighted by atomic mass is 16.5. The molecule has 0 saturated carbocycles. The number of rotatable bonds is 7. The van der Waals surface area contributed by atoms with E-state index in [0.717, 1.165) is 34.0 Å². The lowest BCUT2D eigenvalue weighted by Gasteiger charge is -2.31. The number of anilines is 2. The fourth-order valence-corrected chi connectivity index (χ4v) is 9.19. The van der Waals surface area contributed by atoms with Crippen LogP contribution in [0.2, 0.25) is 0 Å². The molecule has 3 heterocycles. The molecule has 1 aliphatic heterocycles. The number of pyridine rings is 1. The minimum atomic E-state index is -0.123. The molecule has 8 aromatic rings. The molecule has 0 fully saturated rings. The molecule has 1 aliphatic rings. The molecule has 9 rings (SSSR count). The van der Waals surface area contributed by atoms with Crippen molar-refractivity contribution in [3.8, 4) is 39.6 Å².